The second-order valence-corrected chi connectivity index (χ2v) is 9.00. The Morgan fingerprint density at radius 2 is 1.70 bits per heavy atom. The fourth-order valence-corrected chi connectivity index (χ4v) is 4.39. The maximum Gasteiger partial charge on any atom is 0.337 e. The lowest BCUT2D eigenvalue weighted by Crippen LogP contribution is -2.35. The molecule has 0 fully saturated rings. The summed E-state index contributed by atoms with van der Waals surface area (Å²) in [6.45, 7) is 13.6. The van der Waals surface area contributed by atoms with Gasteiger partial charge in [0.15, 0.2) is 0 Å². The molecular weight excluding hydrogens is 334 g/mol. The van der Waals surface area contributed by atoms with Gasteiger partial charge in [-0.15, -0.1) is 0 Å². The van der Waals surface area contributed by atoms with E-state index >= 15 is 0 Å². The monoisotopic (exact) mass is 363 g/mol. The van der Waals surface area contributed by atoms with E-state index in [9.17, 15) is 9.90 Å². The summed E-state index contributed by atoms with van der Waals surface area (Å²) < 4.78 is 0. The predicted octanol–water partition coefficient (Wildman–Crippen LogP) is 6.10. The number of hydrogen-bond donors (Lipinski definition) is 1. The molecule has 142 valence electrons. The third-order valence-electron chi connectivity index (χ3n) is 6.08. The minimum Gasteiger partial charge on any atom is -0.478 e. The van der Waals surface area contributed by atoms with Crippen molar-refractivity contribution >= 4 is 17.9 Å². The Hall–Kier alpha value is -2.42. The summed E-state index contributed by atoms with van der Waals surface area (Å²) in [5.74, 6) is -0.954. The molecular formula is C24H29NO2. The highest BCUT2D eigenvalue weighted by Gasteiger charge is 2.38. The van der Waals surface area contributed by atoms with Crippen LogP contribution in [0.5, 0.6) is 0 Å². The number of benzene rings is 2. The number of aryl methyl sites for hydroxylation is 1. The van der Waals surface area contributed by atoms with Crippen LogP contribution in [0.15, 0.2) is 35.3 Å². The number of nitrogens with zero attached hydrogens (tertiary/aromatic N) is 1. The van der Waals surface area contributed by atoms with E-state index in [0.717, 1.165) is 12.0 Å². The minimum atomic E-state index is -0.954. The van der Waals surface area contributed by atoms with Crippen molar-refractivity contribution in [3.05, 3.63) is 63.7 Å². The molecule has 3 heteroatoms. The molecule has 1 aliphatic carbocycles. The van der Waals surface area contributed by atoms with E-state index in [1.807, 2.05) is 12.3 Å². The Morgan fingerprint density at radius 3 is 2.37 bits per heavy atom. The van der Waals surface area contributed by atoms with Gasteiger partial charge in [-0.1, -0.05) is 45.9 Å². The molecule has 0 bridgehead atoms. The van der Waals surface area contributed by atoms with Crippen LogP contribution >= 0.6 is 0 Å². The van der Waals surface area contributed by atoms with E-state index in [1.165, 1.54) is 28.7 Å². The van der Waals surface area contributed by atoms with Gasteiger partial charge in [-0.2, -0.15) is 0 Å². The van der Waals surface area contributed by atoms with Crippen LogP contribution in [0.2, 0.25) is 0 Å². The fraction of sp³-hybridized carbons (Fsp3) is 0.417. The summed E-state index contributed by atoms with van der Waals surface area (Å²) in [5, 5.41) is 9.38. The van der Waals surface area contributed by atoms with Crippen molar-refractivity contribution in [3.63, 3.8) is 0 Å². The molecule has 0 saturated heterocycles. The van der Waals surface area contributed by atoms with Crippen molar-refractivity contribution in [2.75, 3.05) is 0 Å². The molecule has 3 nitrogen and oxygen atoms in total. The lowest BCUT2D eigenvalue weighted by Gasteiger charge is -2.43. The number of rotatable bonds is 3. The van der Waals surface area contributed by atoms with Crippen LogP contribution in [0, 0.1) is 13.8 Å². The lowest BCUT2D eigenvalue weighted by molar-refractivity contribution is 0.0698. The van der Waals surface area contributed by atoms with Crippen molar-refractivity contribution in [1.82, 2.24) is 0 Å². The third-order valence-corrected chi connectivity index (χ3v) is 6.08. The Bertz CT molecular complexity index is 936. The van der Waals surface area contributed by atoms with Gasteiger partial charge in [0, 0.05) is 6.21 Å². The van der Waals surface area contributed by atoms with Gasteiger partial charge in [-0.3, -0.25) is 4.99 Å². The maximum atomic E-state index is 11.4. The molecule has 27 heavy (non-hydrogen) atoms. The summed E-state index contributed by atoms with van der Waals surface area (Å²) in [6, 6.07) is 9.19. The smallest absolute Gasteiger partial charge is 0.337 e. The zero-order chi connectivity index (χ0) is 20.0. The number of carboxylic acid groups (broad SMARTS) is 1. The van der Waals surface area contributed by atoms with Crippen molar-refractivity contribution in [2.45, 2.75) is 65.2 Å². The van der Waals surface area contributed by atoms with E-state index in [-0.39, 0.29) is 16.4 Å². The number of fused-ring (bicyclic) bond motifs is 1. The summed E-state index contributed by atoms with van der Waals surface area (Å²) in [7, 11) is 0. The molecule has 0 atom stereocenters. The van der Waals surface area contributed by atoms with Gasteiger partial charge in [-0.25, -0.2) is 4.79 Å². The van der Waals surface area contributed by atoms with Crippen molar-refractivity contribution < 1.29 is 9.90 Å². The van der Waals surface area contributed by atoms with Crippen LogP contribution in [0.3, 0.4) is 0 Å². The van der Waals surface area contributed by atoms with E-state index in [2.05, 4.69) is 52.6 Å². The SMILES string of the molecule is Cc1cc2c(c(C)c1C=Nc1ccccc1C(=O)O)C(C)(C)CCC2(C)C. The van der Waals surface area contributed by atoms with Crippen LogP contribution in [-0.4, -0.2) is 17.3 Å². The van der Waals surface area contributed by atoms with Crippen LogP contribution < -0.4 is 0 Å². The zero-order valence-corrected chi connectivity index (χ0v) is 17.2. The molecule has 0 unspecified atom stereocenters. The van der Waals surface area contributed by atoms with Gasteiger partial charge < -0.3 is 5.11 Å². The average Bonchev–Trinajstić information content (AvgIpc) is 2.58. The highest BCUT2D eigenvalue weighted by atomic mass is 16.4. The normalized spacial score (nSPS) is 17.7. The van der Waals surface area contributed by atoms with Gasteiger partial charge in [-0.05, 0) is 77.5 Å². The Kier molecular flexibility index (Phi) is 4.75. The van der Waals surface area contributed by atoms with E-state index in [1.54, 1.807) is 18.2 Å². The molecule has 0 amide bonds. The van der Waals surface area contributed by atoms with Gasteiger partial charge >= 0.3 is 5.97 Å². The summed E-state index contributed by atoms with van der Waals surface area (Å²) in [6.07, 6.45) is 4.19. The number of aromatic carboxylic acids is 1. The van der Waals surface area contributed by atoms with Gasteiger partial charge in [0.05, 0.1) is 11.3 Å². The molecule has 0 saturated carbocycles. The number of carbonyl (C=O) groups is 1. The first kappa shape index (κ1) is 19.3. The van der Waals surface area contributed by atoms with Crippen molar-refractivity contribution in [1.29, 1.82) is 0 Å². The van der Waals surface area contributed by atoms with Gasteiger partial charge in [0.2, 0.25) is 0 Å². The van der Waals surface area contributed by atoms with Gasteiger partial charge in [0.1, 0.15) is 0 Å². The molecule has 1 N–H and O–H groups in total. The van der Waals surface area contributed by atoms with Crippen LogP contribution in [0.4, 0.5) is 5.69 Å². The first-order valence-corrected chi connectivity index (χ1v) is 9.56. The van der Waals surface area contributed by atoms with Gasteiger partial charge in [0.25, 0.3) is 0 Å². The average molecular weight is 364 g/mol. The van der Waals surface area contributed by atoms with E-state index < -0.39 is 5.97 Å². The van der Waals surface area contributed by atoms with Crippen LogP contribution in [-0.2, 0) is 10.8 Å². The topological polar surface area (TPSA) is 49.7 Å². The highest BCUT2D eigenvalue weighted by molar-refractivity contribution is 5.95. The second-order valence-electron chi connectivity index (χ2n) is 9.00. The molecule has 2 aromatic rings. The Labute approximate surface area is 162 Å². The first-order chi connectivity index (χ1) is 12.5. The maximum absolute atomic E-state index is 11.4. The van der Waals surface area contributed by atoms with Crippen LogP contribution in [0.1, 0.15) is 78.7 Å². The molecule has 0 aliphatic heterocycles. The standard InChI is InChI=1S/C24H29NO2/c1-15-13-19-21(24(5,6)12-11-23(19,3)4)16(2)18(15)14-25-20-10-8-7-9-17(20)22(26)27/h7-10,13-14H,11-12H2,1-6H3,(H,26,27). The number of carboxylic acids is 1. The molecule has 3 rings (SSSR count). The summed E-state index contributed by atoms with van der Waals surface area (Å²) >= 11 is 0. The quantitative estimate of drug-likeness (QED) is 0.670. The summed E-state index contributed by atoms with van der Waals surface area (Å²) in [5.41, 5.74) is 7.43. The lowest BCUT2D eigenvalue weighted by atomic mass is 9.61. The molecule has 0 aromatic heterocycles. The molecule has 0 radical (unpaired) electrons. The van der Waals surface area contributed by atoms with Crippen LogP contribution in [0.25, 0.3) is 0 Å². The second kappa shape index (κ2) is 6.63. The number of para-hydroxylation sites is 1. The van der Waals surface area contributed by atoms with Crippen molar-refractivity contribution in [2.24, 2.45) is 4.99 Å². The molecule has 0 spiro atoms. The third kappa shape index (κ3) is 3.43. The van der Waals surface area contributed by atoms with E-state index in [4.69, 9.17) is 0 Å². The molecule has 0 heterocycles. The van der Waals surface area contributed by atoms with Crippen molar-refractivity contribution in [3.8, 4) is 0 Å². The van der Waals surface area contributed by atoms with E-state index in [0.29, 0.717) is 5.69 Å². The summed E-state index contributed by atoms with van der Waals surface area (Å²) in [4.78, 5) is 16.0. The predicted molar refractivity (Wildman–Crippen MR) is 112 cm³/mol. The number of aliphatic imine (C=N–C) groups is 1. The molecule has 1 aliphatic rings. The zero-order valence-electron chi connectivity index (χ0n) is 17.2. The number of hydrogen-bond acceptors (Lipinski definition) is 2. The largest absolute Gasteiger partial charge is 0.478 e. The first-order valence-electron chi connectivity index (χ1n) is 9.56. The highest BCUT2D eigenvalue weighted by Crippen LogP contribution is 2.48. The fourth-order valence-electron chi connectivity index (χ4n) is 4.39. The Balaban J connectivity index is 2.15. The minimum absolute atomic E-state index is 0.129. The Morgan fingerprint density at radius 1 is 1.07 bits per heavy atom. The molecule has 2 aromatic carbocycles.